The van der Waals surface area contributed by atoms with Gasteiger partial charge in [-0.25, -0.2) is 0 Å². The Morgan fingerprint density at radius 3 is 1.27 bits per heavy atom. The Hall–Kier alpha value is -2.37. The summed E-state index contributed by atoms with van der Waals surface area (Å²) in [4.78, 5) is 37.2. The van der Waals surface area contributed by atoms with Gasteiger partial charge < -0.3 is 14.2 Å². The quantitative estimate of drug-likeness (QED) is 0.0288. The van der Waals surface area contributed by atoms with Crippen molar-refractivity contribution in [1.29, 1.82) is 0 Å². The molecule has 0 aliphatic heterocycles. The summed E-state index contributed by atoms with van der Waals surface area (Å²) < 4.78 is 16.5. The lowest BCUT2D eigenvalue weighted by Crippen LogP contribution is -2.30. The lowest BCUT2D eigenvalue weighted by Gasteiger charge is -2.18. The fourth-order valence-electron chi connectivity index (χ4n) is 5.40. The molecule has 0 aromatic rings. The van der Waals surface area contributed by atoms with Crippen LogP contribution in [0, 0.1) is 0 Å². The summed E-state index contributed by atoms with van der Waals surface area (Å²) in [6, 6.07) is 0. The van der Waals surface area contributed by atoms with Gasteiger partial charge in [0, 0.05) is 19.3 Å². The standard InChI is InChI=1S/C42H74O6/c1-4-7-10-13-16-17-18-19-20-21-22-23-24-25-27-29-32-35-41(44)47-38-39(37-46-40(43)34-31-28-15-12-9-6-3)48-42(45)36-33-30-26-14-11-8-5-2/h7,10,16-17,19-20,39H,4-6,8-9,11-15,18,21-38H2,1-3H3/b10-7-,17-16-,20-19-. The number of carbonyl (C=O) groups excluding carboxylic acids is 3. The Morgan fingerprint density at radius 1 is 0.438 bits per heavy atom. The molecule has 0 heterocycles. The van der Waals surface area contributed by atoms with E-state index in [1.807, 2.05) is 0 Å². The molecule has 1 unspecified atom stereocenters. The predicted molar refractivity (Wildman–Crippen MR) is 201 cm³/mol. The Bertz CT molecular complexity index is 830. The summed E-state index contributed by atoms with van der Waals surface area (Å²) >= 11 is 0. The first kappa shape index (κ1) is 45.6. The van der Waals surface area contributed by atoms with Gasteiger partial charge in [-0.05, 0) is 51.4 Å². The number of rotatable bonds is 35. The summed E-state index contributed by atoms with van der Waals surface area (Å²) in [5, 5.41) is 0. The van der Waals surface area contributed by atoms with Crippen LogP contribution in [0.1, 0.15) is 194 Å². The number of hydrogen-bond acceptors (Lipinski definition) is 6. The molecule has 0 aliphatic rings. The molecule has 1 atom stereocenters. The van der Waals surface area contributed by atoms with Gasteiger partial charge in [-0.2, -0.15) is 0 Å². The van der Waals surface area contributed by atoms with Crippen molar-refractivity contribution in [3.05, 3.63) is 36.5 Å². The summed E-state index contributed by atoms with van der Waals surface area (Å²) in [5.41, 5.74) is 0. The first-order valence-electron chi connectivity index (χ1n) is 20.0. The largest absolute Gasteiger partial charge is 0.462 e. The van der Waals surface area contributed by atoms with Gasteiger partial charge in [-0.1, -0.05) is 160 Å². The number of allylic oxidation sites excluding steroid dienone is 6. The Labute approximate surface area is 295 Å². The van der Waals surface area contributed by atoms with E-state index in [1.54, 1.807) is 0 Å². The second-order valence-corrected chi connectivity index (χ2v) is 13.2. The monoisotopic (exact) mass is 675 g/mol. The first-order valence-corrected chi connectivity index (χ1v) is 20.0. The molecule has 6 heteroatoms. The van der Waals surface area contributed by atoms with Gasteiger partial charge in [0.2, 0.25) is 0 Å². The normalized spacial score (nSPS) is 12.3. The van der Waals surface area contributed by atoms with Crippen LogP contribution in [0.2, 0.25) is 0 Å². The Morgan fingerprint density at radius 2 is 0.812 bits per heavy atom. The molecule has 0 N–H and O–H groups in total. The fourth-order valence-corrected chi connectivity index (χ4v) is 5.40. The average molecular weight is 675 g/mol. The van der Waals surface area contributed by atoms with Gasteiger partial charge in [0.25, 0.3) is 0 Å². The van der Waals surface area contributed by atoms with Crippen LogP contribution in [0.4, 0.5) is 0 Å². The van der Waals surface area contributed by atoms with Crippen LogP contribution in [-0.4, -0.2) is 37.2 Å². The molecule has 0 amide bonds. The minimum absolute atomic E-state index is 0.0749. The Balaban J connectivity index is 4.21. The molecule has 0 fully saturated rings. The van der Waals surface area contributed by atoms with E-state index in [1.165, 1.54) is 70.6 Å². The molecule has 0 aliphatic carbocycles. The van der Waals surface area contributed by atoms with Crippen molar-refractivity contribution in [2.45, 2.75) is 200 Å². The van der Waals surface area contributed by atoms with E-state index in [0.717, 1.165) is 83.5 Å². The predicted octanol–water partition coefficient (Wildman–Crippen LogP) is 12.2. The molecule has 48 heavy (non-hydrogen) atoms. The minimum Gasteiger partial charge on any atom is -0.462 e. The molecule has 0 aromatic heterocycles. The highest BCUT2D eigenvalue weighted by atomic mass is 16.6. The maximum absolute atomic E-state index is 12.5. The van der Waals surface area contributed by atoms with E-state index in [0.29, 0.717) is 19.3 Å². The van der Waals surface area contributed by atoms with Crippen molar-refractivity contribution in [2.75, 3.05) is 13.2 Å². The van der Waals surface area contributed by atoms with Crippen molar-refractivity contribution < 1.29 is 28.6 Å². The number of esters is 3. The van der Waals surface area contributed by atoms with Crippen LogP contribution < -0.4 is 0 Å². The zero-order valence-electron chi connectivity index (χ0n) is 31.5. The zero-order valence-corrected chi connectivity index (χ0v) is 31.5. The van der Waals surface area contributed by atoms with Crippen molar-refractivity contribution in [3.8, 4) is 0 Å². The van der Waals surface area contributed by atoms with E-state index in [2.05, 4.69) is 57.2 Å². The summed E-state index contributed by atoms with van der Waals surface area (Å²) in [6.45, 7) is 6.39. The minimum atomic E-state index is -0.765. The molecular formula is C42H74O6. The zero-order chi connectivity index (χ0) is 35.2. The van der Waals surface area contributed by atoms with Crippen LogP contribution in [-0.2, 0) is 28.6 Å². The highest BCUT2D eigenvalue weighted by Crippen LogP contribution is 2.13. The molecule has 0 aromatic carbocycles. The van der Waals surface area contributed by atoms with Crippen LogP contribution in [0.3, 0.4) is 0 Å². The van der Waals surface area contributed by atoms with Gasteiger partial charge >= 0.3 is 17.9 Å². The van der Waals surface area contributed by atoms with Crippen molar-refractivity contribution in [3.63, 3.8) is 0 Å². The third-order valence-electron chi connectivity index (χ3n) is 8.41. The van der Waals surface area contributed by atoms with E-state index < -0.39 is 6.10 Å². The van der Waals surface area contributed by atoms with Gasteiger partial charge in [0.1, 0.15) is 13.2 Å². The third kappa shape index (κ3) is 35.0. The number of unbranched alkanes of at least 4 members (excludes halogenated alkanes) is 18. The number of hydrogen-bond donors (Lipinski definition) is 0. The molecule has 0 saturated heterocycles. The van der Waals surface area contributed by atoms with E-state index in [4.69, 9.17) is 14.2 Å². The summed E-state index contributed by atoms with van der Waals surface area (Å²) in [5.74, 6) is -0.906. The van der Waals surface area contributed by atoms with Gasteiger partial charge in [0.15, 0.2) is 6.10 Å². The van der Waals surface area contributed by atoms with E-state index in [9.17, 15) is 14.4 Å². The molecule has 0 radical (unpaired) electrons. The maximum Gasteiger partial charge on any atom is 0.306 e. The van der Waals surface area contributed by atoms with Gasteiger partial charge in [0.05, 0.1) is 0 Å². The maximum atomic E-state index is 12.5. The van der Waals surface area contributed by atoms with Crippen molar-refractivity contribution in [2.24, 2.45) is 0 Å². The molecule has 0 rings (SSSR count). The van der Waals surface area contributed by atoms with Crippen LogP contribution >= 0.6 is 0 Å². The van der Waals surface area contributed by atoms with Crippen molar-refractivity contribution >= 4 is 17.9 Å². The van der Waals surface area contributed by atoms with E-state index in [-0.39, 0.29) is 31.1 Å². The smallest absolute Gasteiger partial charge is 0.306 e. The Kier molecular flexibility index (Phi) is 35.6. The highest BCUT2D eigenvalue weighted by Gasteiger charge is 2.19. The molecule has 0 spiro atoms. The topological polar surface area (TPSA) is 78.9 Å². The number of carbonyl (C=O) groups is 3. The number of ether oxygens (including phenoxy) is 3. The van der Waals surface area contributed by atoms with Gasteiger partial charge in [-0.3, -0.25) is 14.4 Å². The molecule has 0 bridgehead atoms. The molecule has 0 saturated carbocycles. The second kappa shape index (κ2) is 37.4. The summed E-state index contributed by atoms with van der Waals surface area (Å²) in [7, 11) is 0. The van der Waals surface area contributed by atoms with Gasteiger partial charge in [-0.15, -0.1) is 0 Å². The average Bonchev–Trinajstić information content (AvgIpc) is 3.08. The molecule has 6 nitrogen and oxygen atoms in total. The lowest BCUT2D eigenvalue weighted by molar-refractivity contribution is -0.167. The lowest BCUT2D eigenvalue weighted by atomic mass is 10.1. The third-order valence-corrected chi connectivity index (χ3v) is 8.41. The fraction of sp³-hybridized carbons (Fsp3) is 0.786. The van der Waals surface area contributed by atoms with E-state index >= 15 is 0 Å². The SMILES string of the molecule is CC/C=C\C/C=C\C/C=C\CCCCCCCCCC(=O)OCC(COC(=O)CCCCCCCC)OC(=O)CCCCCCCCC. The first-order chi connectivity index (χ1) is 23.5. The van der Waals surface area contributed by atoms with Crippen molar-refractivity contribution in [1.82, 2.24) is 0 Å². The summed E-state index contributed by atoms with van der Waals surface area (Å²) in [6.07, 6.45) is 40.1. The molecule has 278 valence electrons. The van der Waals surface area contributed by atoms with Crippen LogP contribution in [0.25, 0.3) is 0 Å². The molecular weight excluding hydrogens is 600 g/mol. The van der Waals surface area contributed by atoms with Crippen LogP contribution in [0.15, 0.2) is 36.5 Å². The second-order valence-electron chi connectivity index (χ2n) is 13.2. The highest BCUT2D eigenvalue weighted by molar-refractivity contribution is 5.71. The van der Waals surface area contributed by atoms with Crippen LogP contribution in [0.5, 0.6) is 0 Å².